The molecule has 6 heteroatoms. The normalized spacial score (nSPS) is 17.7. The van der Waals surface area contributed by atoms with Gasteiger partial charge in [0.25, 0.3) is 0 Å². The molecule has 0 amide bonds. The number of nitrogens with two attached hydrogens (primary N) is 1. The number of aliphatic hydroxyl groups excluding tert-OH is 1. The molecule has 12 heavy (non-hydrogen) atoms. The van der Waals surface area contributed by atoms with Gasteiger partial charge in [0.2, 0.25) is 6.29 Å². The first-order chi connectivity index (χ1) is 5.43. The van der Waals surface area contributed by atoms with Gasteiger partial charge in [-0.3, -0.25) is 0 Å². The molecule has 0 aliphatic heterocycles. The minimum Gasteiger partial charge on any atom is -0.363 e. The smallest absolute Gasteiger partial charge is 0.363 e. The molecule has 0 radical (unpaired) electrons. The summed E-state index contributed by atoms with van der Waals surface area (Å²) in [5.41, 5.74) is 5.45. The standard InChI is InChI=1S/C6H14NO4P/c1-4(2)3-5(7)6(8)11-12(9)10/h4-6,8H,3,7H2,1-2H3/p+1. The van der Waals surface area contributed by atoms with Gasteiger partial charge in [0.1, 0.15) is 0 Å². The highest BCUT2D eigenvalue weighted by Gasteiger charge is 2.26. The molecular weight excluding hydrogens is 181 g/mol. The highest BCUT2D eigenvalue weighted by Crippen LogP contribution is 2.19. The minimum absolute atomic E-state index is 0.315. The van der Waals surface area contributed by atoms with Crippen molar-refractivity contribution in [2.45, 2.75) is 32.6 Å². The molecule has 0 heterocycles. The van der Waals surface area contributed by atoms with Crippen LogP contribution < -0.4 is 5.73 Å². The minimum atomic E-state index is -2.78. The van der Waals surface area contributed by atoms with Crippen LogP contribution in [0.5, 0.6) is 0 Å². The lowest BCUT2D eigenvalue weighted by molar-refractivity contribution is -0.0414. The summed E-state index contributed by atoms with van der Waals surface area (Å²) in [6.07, 6.45) is -0.814. The molecule has 5 nitrogen and oxygen atoms in total. The molecule has 0 bridgehead atoms. The Morgan fingerprint density at radius 3 is 2.42 bits per heavy atom. The lowest BCUT2D eigenvalue weighted by Crippen LogP contribution is -2.36. The van der Waals surface area contributed by atoms with Crippen molar-refractivity contribution in [3.8, 4) is 0 Å². The number of hydrogen-bond donors (Lipinski definition) is 3. The molecule has 3 unspecified atom stereocenters. The van der Waals surface area contributed by atoms with E-state index in [1.807, 2.05) is 13.8 Å². The number of rotatable bonds is 5. The Morgan fingerprint density at radius 2 is 2.08 bits per heavy atom. The van der Waals surface area contributed by atoms with Gasteiger partial charge < -0.3 is 10.8 Å². The summed E-state index contributed by atoms with van der Waals surface area (Å²) < 4.78 is 14.3. The zero-order valence-corrected chi connectivity index (χ0v) is 8.07. The maximum Gasteiger partial charge on any atom is 0.697 e. The van der Waals surface area contributed by atoms with E-state index in [-0.39, 0.29) is 0 Å². The van der Waals surface area contributed by atoms with Gasteiger partial charge in [-0.1, -0.05) is 18.4 Å². The van der Waals surface area contributed by atoms with E-state index in [9.17, 15) is 4.57 Å². The van der Waals surface area contributed by atoms with Crippen LogP contribution >= 0.6 is 8.25 Å². The van der Waals surface area contributed by atoms with E-state index >= 15 is 0 Å². The summed E-state index contributed by atoms with van der Waals surface area (Å²) in [6, 6.07) is -0.615. The van der Waals surface area contributed by atoms with Crippen molar-refractivity contribution in [2.24, 2.45) is 11.7 Å². The molecule has 4 N–H and O–H groups in total. The summed E-state index contributed by atoms with van der Waals surface area (Å²) in [5, 5.41) is 9.05. The van der Waals surface area contributed by atoms with E-state index in [0.717, 1.165) is 0 Å². The van der Waals surface area contributed by atoms with Crippen LogP contribution in [0, 0.1) is 5.92 Å². The fourth-order valence-electron chi connectivity index (χ4n) is 0.831. The zero-order chi connectivity index (χ0) is 9.72. The predicted octanol–water partition coefficient (Wildman–Crippen LogP) is 0.344. The Labute approximate surface area is 72.5 Å². The molecule has 0 fully saturated rings. The lowest BCUT2D eigenvalue weighted by atomic mass is 10.0. The van der Waals surface area contributed by atoms with Crippen molar-refractivity contribution >= 4 is 8.25 Å². The highest BCUT2D eigenvalue weighted by atomic mass is 31.1. The molecule has 0 aromatic carbocycles. The molecular formula is C6H15NO4P+. The molecule has 0 saturated heterocycles. The van der Waals surface area contributed by atoms with Gasteiger partial charge in [0.15, 0.2) is 0 Å². The molecule has 72 valence electrons. The van der Waals surface area contributed by atoms with Crippen LogP contribution in [0.1, 0.15) is 20.3 Å². The summed E-state index contributed by atoms with van der Waals surface area (Å²) in [5.74, 6) is 0.315. The quantitative estimate of drug-likeness (QED) is 0.435. The zero-order valence-electron chi connectivity index (χ0n) is 7.17. The fourth-order valence-corrected chi connectivity index (χ4v) is 1.17. The van der Waals surface area contributed by atoms with Crippen molar-refractivity contribution in [2.75, 3.05) is 0 Å². The van der Waals surface area contributed by atoms with Crippen molar-refractivity contribution in [1.29, 1.82) is 0 Å². The Morgan fingerprint density at radius 1 is 1.58 bits per heavy atom. The molecule has 0 aromatic heterocycles. The van der Waals surface area contributed by atoms with Gasteiger partial charge in [-0.15, -0.1) is 4.89 Å². The summed E-state index contributed by atoms with van der Waals surface area (Å²) in [4.78, 5) is 8.28. The Balaban J connectivity index is 3.76. The Kier molecular flexibility index (Phi) is 5.53. The van der Waals surface area contributed by atoms with Gasteiger partial charge >= 0.3 is 8.25 Å². The first-order valence-electron chi connectivity index (χ1n) is 3.70. The van der Waals surface area contributed by atoms with Crippen LogP contribution in [0.3, 0.4) is 0 Å². The molecule has 0 aromatic rings. The maximum absolute atomic E-state index is 10.1. The van der Waals surface area contributed by atoms with Crippen LogP contribution in [0.2, 0.25) is 0 Å². The first-order valence-corrected chi connectivity index (χ1v) is 4.83. The van der Waals surface area contributed by atoms with E-state index in [2.05, 4.69) is 4.52 Å². The summed E-state index contributed by atoms with van der Waals surface area (Å²) in [6.45, 7) is 3.87. The second-order valence-corrected chi connectivity index (χ2v) is 3.71. The van der Waals surface area contributed by atoms with Gasteiger partial charge in [0.05, 0.1) is 6.04 Å². The summed E-state index contributed by atoms with van der Waals surface area (Å²) in [7, 11) is -2.78. The predicted molar refractivity (Wildman–Crippen MR) is 44.3 cm³/mol. The third-order valence-corrected chi connectivity index (χ3v) is 1.70. The van der Waals surface area contributed by atoms with Gasteiger partial charge in [0, 0.05) is 4.57 Å². The van der Waals surface area contributed by atoms with E-state index in [4.69, 9.17) is 15.7 Å². The molecule has 0 rings (SSSR count). The fraction of sp³-hybridized carbons (Fsp3) is 1.00. The molecule has 0 aliphatic rings. The van der Waals surface area contributed by atoms with Crippen LogP contribution in [0.25, 0.3) is 0 Å². The average molecular weight is 196 g/mol. The third-order valence-electron chi connectivity index (χ3n) is 1.31. The van der Waals surface area contributed by atoms with Gasteiger partial charge in [-0.2, -0.15) is 0 Å². The Hall–Kier alpha value is -0.0600. The summed E-state index contributed by atoms with van der Waals surface area (Å²) >= 11 is 0. The van der Waals surface area contributed by atoms with E-state index in [0.29, 0.717) is 12.3 Å². The Bertz CT molecular complexity index is 152. The largest absolute Gasteiger partial charge is 0.697 e. The van der Waals surface area contributed by atoms with Crippen molar-refractivity contribution in [3.05, 3.63) is 0 Å². The number of hydrogen-bond acceptors (Lipinski definition) is 4. The highest BCUT2D eigenvalue weighted by molar-refractivity contribution is 7.32. The molecule has 0 spiro atoms. The van der Waals surface area contributed by atoms with Crippen LogP contribution in [0.4, 0.5) is 0 Å². The molecule has 0 saturated carbocycles. The SMILES string of the molecule is CC(C)CC(N)C(O)O[P+](=O)O. The van der Waals surface area contributed by atoms with Crippen molar-refractivity contribution in [1.82, 2.24) is 0 Å². The van der Waals surface area contributed by atoms with Gasteiger partial charge in [-0.25, -0.2) is 0 Å². The van der Waals surface area contributed by atoms with E-state index < -0.39 is 20.6 Å². The van der Waals surface area contributed by atoms with E-state index in [1.165, 1.54) is 0 Å². The average Bonchev–Trinajstić information content (AvgIpc) is 1.84. The van der Waals surface area contributed by atoms with Crippen LogP contribution in [-0.2, 0) is 9.09 Å². The van der Waals surface area contributed by atoms with Crippen LogP contribution in [-0.4, -0.2) is 22.3 Å². The topological polar surface area (TPSA) is 92.8 Å². The van der Waals surface area contributed by atoms with Crippen LogP contribution in [0.15, 0.2) is 0 Å². The second kappa shape index (κ2) is 5.56. The molecule has 0 aliphatic carbocycles. The van der Waals surface area contributed by atoms with Crippen molar-refractivity contribution in [3.63, 3.8) is 0 Å². The van der Waals surface area contributed by atoms with Gasteiger partial charge in [-0.05, 0) is 12.3 Å². The van der Waals surface area contributed by atoms with Crippen molar-refractivity contribution < 1.29 is 19.1 Å². The molecule has 3 atom stereocenters. The second-order valence-electron chi connectivity index (χ2n) is 3.03. The first kappa shape index (κ1) is 11.9. The number of aliphatic hydroxyl groups is 1. The monoisotopic (exact) mass is 196 g/mol. The van der Waals surface area contributed by atoms with E-state index in [1.54, 1.807) is 0 Å². The lowest BCUT2D eigenvalue weighted by Gasteiger charge is -2.14. The third kappa shape index (κ3) is 5.57. The maximum atomic E-state index is 10.1.